The first-order valence-electron chi connectivity index (χ1n) is 12.3. The van der Waals surface area contributed by atoms with Crippen molar-refractivity contribution in [3.8, 4) is 0 Å². The molecule has 3 aromatic rings. The Morgan fingerprint density at radius 3 is 2.10 bits per heavy atom. The molecule has 3 aromatic carbocycles. The van der Waals surface area contributed by atoms with Gasteiger partial charge < -0.3 is 10.2 Å². The highest BCUT2D eigenvalue weighted by atomic mass is 35.5. The molecule has 2 atom stereocenters. The minimum Gasteiger partial charge on any atom is -0.352 e. The molecule has 0 radical (unpaired) electrons. The third-order valence-electron chi connectivity index (χ3n) is 6.22. The molecular weight excluding hydrogens is 581 g/mol. The van der Waals surface area contributed by atoms with Gasteiger partial charge in [0.2, 0.25) is 11.8 Å². The molecule has 3 rings (SSSR count). The largest absolute Gasteiger partial charge is 0.352 e. The summed E-state index contributed by atoms with van der Waals surface area (Å²) < 4.78 is 28.5. The maximum absolute atomic E-state index is 13.9. The highest BCUT2D eigenvalue weighted by Crippen LogP contribution is 2.33. The van der Waals surface area contributed by atoms with Crippen molar-refractivity contribution in [1.82, 2.24) is 10.2 Å². The van der Waals surface area contributed by atoms with E-state index in [0.717, 1.165) is 9.87 Å². The van der Waals surface area contributed by atoms with Gasteiger partial charge in [-0.05, 0) is 68.3 Å². The second-order valence-corrected chi connectivity index (χ2v) is 12.2. The van der Waals surface area contributed by atoms with Crippen LogP contribution in [-0.4, -0.2) is 43.8 Å². The van der Waals surface area contributed by atoms with Gasteiger partial charge in [-0.2, -0.15) is 0 Å². The fraction of sp³-hybridized carbons (Fsp3) is 0.286. The van der Waals surface area contributed by atoms with E-state index in [9.17, 15) is 18.0 Å². The van der Waals surface area contributed by atoms with Gasteiger partial charge in [-0.15, -0.1) is 0 Å². The molecule has 0 fully saturated rings. The second kappa shape index (κ2) is 13.5. The van der Waals surface area contributed by atoms with Crippen molar-refractivity contribution in [2.24, 2.45) is 0 Å². The quantitative estimate of drug-likeness (QED) is 0.281. The van der Waals surface area contributed by atoms with Gasteiger partial charge in [0.1, 0.15) is 12.6 Å². The average molecular weight is 611 g/mol. The molecule has 0 spiro atoms. The summed E-state index contributed by atoms with van der Waals surface area (Å²) in [7, 11) is -4.23. The van der Waals surface area contributed by atoms with Crippen molar-refractivity contribution in [2.75, 3.05) is 10.8 Å². The van der Waals surface area contributed by atoms with Crippen LogP contribution in [0.25, 0.3) is 0 Å². The SMILES string of the molecule is CC[C@H](C)NC(=O)[C@@H](C)N(Cc1ccc(Cl)cc1)C(=O)CN(c1ccc(Cl)cc1Cl)S(=O)(=O)c1ccccc1. The normalized spacial score (nSPS) is 12.9. The highest BCUT2D eigenvalue weighted by Gasteiger charge is 2.33. The second-order valence-electron chi connectivity index (χ2n) is 9.06. The lowest BCUT2D eigenvalue weighted by Crippen LogP contribution is -2.52. The molecule has 0 aromatic heterocycles. The lowest BCUT2D eigenvalue weighted by molar-refractivity contribution is -0.139. The predicted molar refractivity (Wildman–Crippen MR) is 157 cm³/mol. The van der Waals surface area contributed by atoms with E-state index in [0.29, 0.717) is 16.5 Å². The van der Waals surface area contributed by atoms with Gasteiger partial charge in [0, 0.05) is 22.6 Å². The van der Waals surface area contributed by atoms with E-state index >= 15 is 0 Å². The first-order valence-corrected chi connectivity index (χ1v) is 14.9. The number of amides is 2. The van der Waals surface area contributed by atoms with Crippen LogP contribution in [0.1, 0.15) is 32.8 Å². The molecule has 0 saturated heterocycles. The highest BCUT2D eigenvalue weighted by molar-refractivity contribution is 7.92. The third kappa shape index (κ3) is 7.88. The van der Waals surface area contributed by atoms with Gasteiger partial charge in [-0.3, -0.25) is 13.9 Å². The molecule has 0 aliphatic carbocycles. The summed E-state index contributed by atoms with van der Waals surface area (Å²) in [6.45, 7) is 4.86. The van der Waals surface area contributed by atoms with E-state index in [-0.39, 0.29) is 34.1 Å². The maximum atomic E-state index is 13.9. The van der Waals surface area contributed by atoms with E-state index in [1.165, 1.54) is 35.2 Å². The zero-order chi connectivity index (χ0) is 28.7. The van der Waals surface area contributed by atoms with Crippen LogP contribution in [0.2, 0.25) is 15.1 Å². The van der Waals surface area contributed by atoms with Gasteiger partial charge >= 0.3 is 0 Å². The van der Waals surface area contributed by atoms with Crippen molar-refractivity contribution in [3.63, 3.8) is 0 Å². The zero-order valence-electron chi connectivity index (χ0n) is 21.8. The molecule has 11 heteroatoms. The van der Waals surface area contributed by atoms with Crippen LogP contribution in [-0.2, 0) is 26.2 Å². The standard InChI is InChI=1S/C28H30Cl3N3O4S/c1-4-19(2)32-28(36)20(3)33(17-21-10-12-22(29)13-11-21)27(35)18-34(26-15-14-23(30)16-25(26)31)39(37,38)24-8-6-5-7-9-24/h5-16,19-20H,4,17-18H2,1-3H3,(H,32,36)/t19-,20+/m0/s1. The van der Waals surface area contributed by atoms with Crippen molar-refractivity contribution in [3.05, 3.63) is 93.4 Å². The number of hydrogen-bond donors (Lipinski definition) is 1. The monoisotopic (exact) mass is 609 g/mol. The van der Waals surface area contributed by atoms with Gasteiger partial charge in [-0.25, -0.2) is 8.42 Å². The Morgan fingerprint density at radius 2 is 1.51 bits per heavy atom. The lowest BCUT2D eigenvalue weighted by atomic mass is 10.1. The fourth-order valence-electron chi connectivity index (χ4n) is 3.75. The van der Waals surface area contributed by atoms with Crippen LogP contribution in [0.15, 0.2) is 77.7 Å². The van der Waals surface area contributed by atoms with E-state index in [4.69, 9.17) is 34.8 Å². The van der Waals surface area contributed by atoms with Gasteiger partial charge in [0.05, 0.1) is 15.6 Å². The third-order valence-corrected chi connectivity index (χ3v) is 8.79. The first kappa shape index (κ1) is 30.8. The molecule has 208 valence electrons. The molecule has 39 heavy (non-hydrogen) atoms. The van der Waals surface area contributed by atoms with Crippen LogP contribution in [0.3, 0.4) is 0 Å². The number of carbonyl (C=O) groups is 2. The van der Waals surface area contributed by atoms with Gasteiger partial charge in [0.25, 0.3) is 10.0 Å². The number of carbonyl (C=O) groups excluding carboxylic acids is 2. The molecule has 0 bridgehead atoms. The van der Waals surface area contributed by atoms with Crippen LogP contribution >= 0.6 is 34.8 Å². The minimum absolute atomic E-state index is 0.0179. The topological polar surface area (TPSA) is 86.8 Å². The Labute approximate surface area is 244 Å². The van der Waals surface area contributed by atoms with Gasteiger partial charge in [0.15, 0.2) is 0 Å². The molecule has 0 aliphatic rings. The molecule has 7 nitrogen and oxygen atoms in total. The van der Waals surface area contributed by atoms with Crippen LogP contribution < -0.4 is 9.62 Å². The summed E-state index contributed by atoms with van der Waals surface area (Å²) in [6.07, 6.45) is 0.710. The number of anilines is 1. The Bertz CT molecular complexity index is 1400. The number of nitrogens with one attached hydrogen (secondary N) is 1. The zero-order valence-corrected chi connectivity index (χ0v) is 24.9. The van der Waals surface area contributed by atoms with E-state index < -0.39 is 28.5 Å². The molecule has 2 amide bonds. The van der Waals surface area contributed by atoms with E-state index in [1.807, 2.05) is 13.8 Å². The van der Waals surface area contributed by atoms with E-state index in [1.54, 1.807) is 49.4 Å². The summed E-state index contributed by atoms with van der Waals surface area (Å²) >= 11 is 18.5. The van der Waals surface area contributed by atoms with E-state index in [2.05, 4.69) is 5.32 Å². The number of halogens is 3. The maximum Gasteiger partial charge on any atom is 0.264 e. The van der Waals surface area contributed by atoms with Crippen LogP contribution in [0.4, 0.5) is 5.69 Å². The summed E-state index contributed by atoms with van der Waals surface area (Å²) in [5.41, 5.74) is 0.805. The van der Waals surface area contributed by atoms with Crippen LogP contribution in [0.5, 0.6) is 0 Å². The van der Waals surface area contributed by atoms with Crippen molar-refractivity contribution < 1.29 is 18.0 Å². The fourth-order valence-corrected chi connectivity index (χ4v) is 5.89. The Hall–Kier alpha value is -2.78. The summed E-state index contributed by atoms with van der Waals surface area (Å²) in [5, 5.41) is 3.79. The summed E-state index contributed by atoms with van der Waals surface area (Å²) in [6, 6.07) is 17.9. The van der Waals surface area contributed by atoms with Crippen LogP contribution in [0, 0.1) is 0 Å². The molecule has 1 N–H and O–H groups in total. The number of nitrogens with zero attached hydrogens (tertiary/aromatic N) is 2. The Kier molecular flexibility index (Phi) is 10.7. The number of rotatable bonds is 11. The smallest absolute Gasteiger partial charge is 0.264 e. The molecule has 0 aliphatic heterocycles. The Morgan fingerprint density at radius 1 is 0.897 bits per heavy atom. The average Bonchev–Trinajstić information content (AvgIpc) is 2.91. The van der Waals surface area contributed by atoms with Gasteiger partial charge in [-0.1, -0.05) is 72.1 Å². The number of benzene rings is 3. The van der Waals surface area contributed by atoms with Crippen molar-refractivity contribution >= 4 is 62.3 Å². The summed E-state index contributed by atoms with van der Waals surface area (Å²) in [5.74, 6) is -0.948. The summed E-state index contributed by atoms with van der Waals surface area (Å²) in [4.78, 5) is 28.3. The van der Waals surface area contributed by atoms with Crippen molar-refractivity contribution in [1.29, 1.82) is 0 Å². The molecule has 0 unspecified atom stereocenters. The molecule has 0 saturated carbocycles. The lowest BCUT2D eigenvalue weighted by Gasteiger charge is -2.32. The predicted octanol–water partition coefficient (Wildman–Crippen LogP) is 6.17. The Balaban J connectivity index is 2.04. The minimum atomic E-state index is -4.23. The first-order chi connectivity index (χ1) is 18.4. The number of sulfonamides is 1. The molecular formula is C28H30Cl3N3O4S. The molecule has 0 heterocycles. The van der Waals surface area contributed by atoms with Crippen molar-refractivity contribution in [2.45, 2.75) is 50.7 Å². The number of hydrogen-bond acceptors (Lipinski definition) is 4.